The zero-order valence-electron chi connectivity index (χ0n) is 7.98. The van der Waals surface area contributed by atoms with Crippen molar-refractivity contribution in [1.29, 1.82) is 0 Å². The molecule has 1 aromatic heterocycles. The van der Waals surface area contributed by atoms with E-state index in [1.807, 2.05) is 0 Å². The standard InChI is InChI=1S/C7H10F2N4O2/c1-12-5(2-7(8,9)4-10)6(3-11-12)13(14)15/h3H,2,4,10H2,1H3. The van der Waals surface area contributed by atoms with Crippen molar-refractivity contribution in [2.45, 2.75) is 12.3 Å². The van der Waals surface area contributed by atoms with Gasteiger partial charge in [-0.05, 0) is 0 Å². The van der Waals surface area contributed by atoms with Gasteiger partial charge in [0.2, 0.25) is 0 Å². The number of halogens is 2. The normalized spacial score (nSPS) is 11.7. The zero-order valence-corrected chi connectivity index (χ0v) is 7.98. The maximum atomic E-state index is 13.0. The number of nitrogens with two attached hydrogens (primary N) is 1. The van der Waals surface area contributed by atoms with Crippen LogP contribution >= 0.6 is 0 Å². The van der Waals surface area contributed by atoms with Gasteiger partial charge in [0.15, 0.2) is 0 Å². The molecule has 0 bridgehead atoms. The molecule has 1 aromatic rings. The van der Waals surface area contributed by atoms with Crippen LogP contribution in [-0.4, -0.2) is 27.2 Å². The van der Waals surface area contributed by atoms with Crippen LogP contribution in [0.3, 0.4) is 0 Å². The van der Waals surface area contributed by atoms with E-state index in [9.17, 15) is 18.9 Å². The highest BCUT2D eigenvalue weighted by atomic mass is 19.3. The van der Waals surface area contributed by atoms with Gasteiger partial charge in [0, 0.05) is 7.05 Å². The van der Waals surface area contributed by atoms with Crippen molar-refractivity contribution in [3.63, 3.8) is 0 Å². The van der Waals surface area contributed by atoms with Crippen molar-refractivity contribution in [2.75, 3.05) is 6.54 Å². The third-order valence-corrected chi connectivity index (χ3v) is 1.96. The maximum Gasteiger partial charge on any atom is 0.310 e. The average molecular weight is 220 g/mol. The van der Waals surface area contributed by atoms with Gasteiger partial charge < -0.3 is 5.73 Å². The molecule has 6 nitrogen and oxygen atoms in total. The third-order valence-electron chi connectivity index (χ3n) is 1.96. The Balaban J connectivity index is 3.03. The van der Waals surface area contributed by atoms with Gasteiger partial charge in [-0.15, -0.1) is 0 Å². The number of hydrogen-bond acceptors (Lipinski definition) is 4. The molecule has 0 fully saturated rings. The molecule has 0 atom stereocenters. The topological polar surface area (TPSA) is 87.0 Å². The molecular weight excluding hydrogens is 210 g/mol. The number of aryl methyl sites for hydroxylation is 1. The molecular formula is C7H10F2N4O2. The highest BCUT2D eigenvalue weighted by Crippen LogP contribution is 2.25. The van der Waals surface area contributed by atoms with Crippen LogP contribution in [0.5, 0.6) is 0 Å². The number of nitro groups is 1. The van der Waals surface area contributed by atoms with Crippen molar-refractivity contribution >= 4 is 5.69 Å². The maximum absolute atomic E-state index is 13.0. The molecule has 0 amide bonds. The van der Waals surface area contributed by atoms with Crippen LogP contribution in [0, 0.1) is 10.1 Å². The molecule has 8 heteroatoms. The van der Waals surface area contributed by atoms with Crippen LogP contribution in [0.4, 0.5) is 14.5 Å². The largest absolute Gasteiger partial charge is 0.325 e. The first kappa shape index (κ1) is 11.5. The summed E-state index contributed by atoms with van der Waals surface area (Å²) in [6.07, 6.45) is 0.165. The molecule has 1 rings (SSSR count). The fourth-order valence-electron chi connectivity index (χ4n) is 1.13. The van der Waals surface area contributed by atoms with E-state index in [0.717, 1.165) is 10.9 Å². The van der Waals surface area contributed by atoms with Crippen molar-refractivity contribution in [2.24, 2.45) is 12.8 Å². The summed E-state index contributed by atoms with van der Waals surface area (Å²) in [5, 5.41) is 14.0. The summed E-state index contributed by atoms with van der Waals surface area (Å²) in [4.78, 5) is 9.74. The van der Waals surface area contributed by atoms with Crippen molar-refractivity contribution in [3.05, 3.63) is 22.0 Å². The van der Waals surface area contributed by atoms with E-state index in [0.29, 0.717) is 0 Å². The molecule has 0 aromatic carbocycles. The summed E-state index contributed by atoms with van der Waals surface area (Å²) >= 11 is 0. The summed E-state index contributed by atoms with van der Waals surface area (Å²) in [6, 6.07) is 0. The predicted octanol–water partition coefficient (Wildman–Crippen LogP) is 0.465. The van der Waals surface area contributed by atoms with Crippen LogP contribution in [0.2, 0.25) is 0 Å². The minimum Gasteiger partial charge on any atom is -0.325 e. The molecule has 15 heavy (non-hydrogen) atoms. The molecule has 0 spiro atoms. The quantitative estimate of drug-likeness (QED) is 0.590. The monoisotopic (exact) mass is 220 g/mol. The van der Waals surface area contributed by atoms with Crippen LogP contribution in [-0.2, 0) is 13.5 Å². The second-order valence-electron chi connectivity index (χ2n) is 3.09. The first-order chi connectivity index (χ1) is 6.87. The molecule has 0 saturated heterocycles. The average Bonchev–Trinajstić information content (AvgIpc) is 2.48. The Morgan fingerprint density at radius 3 is 2.80 bits per heavy atom. The number of rotatable bonds is 4. The van der Waals surface area contributed by atoms with E-state index in [1.165, 1.54) is 7.05 Å². The second-order valence-corrected chi connectivity index (χ2v) is 3.09. The first-order valence-corrected chi connectivity index (χ1v) is 4.10. The van der Waals surface area contributed by atoms with Gasteiger partial charge in [-0.2, -0.15) is 5.10 Å². The Kier molecular flexibility index (Phi) is 2.98. The number of nitrogens with zero attached hydrogens (tertiary/aromatic N) is 3. The van der Waals surface area contributed by atoms with Gasteiger partial charge in [0.05, 0.1) is 17.9 Å². The van der Waals surface area contributed by atoms with Crippen molar-refractivity contribution < 1.29 is 13.7 Å². The highest BCUT2D eigenvalue weighted by Gasteiger charge is 2.33. The summed E-state index contributed by atoms with van der Waals surface area (Å²) in [6.45, 7) is -0.852. The van der Waals surface area contributed by atoms with E-state index in [1.54, 1.807) is 0 Å². The second kappa shape index (κ2) is 3.89. The molecule has 84 valence electrons. The van der Waals surface area contributed by atoms with E-state index in [4.69, 9.17) is 5.73 Å². The van der Waals surface area contributed by atoms with E-state index < -0.39 is 29.5 Å². The smallest absolute Gasteiger partial charge is 0.310 e. The van der Waals surface area contributed by atoms with E-state index in [2.05, 4.69) is 5.10 Å². The minimum absolute atomic E-state index is 0.129. The Hall–Kier alpha value is -1.57. The van der Waals surface area contributed by atoms with Crippen LogP contribution < -0.4 is 5.73 Å². The van der Waals surface area contributed by atoms with Gasteiger partial charge in [0.25, 0.3) is 5.92 Å². The number of alkyl halides is 2. The third kappa shape index (κ3) is 2.46. The molecule has 0 aliphatic heterocycles. The van der Waals surface area contributed by atoms with Gasteiger partial charge in [-0.25, -0.2) is 8.78 Å². The first-order valence-electron chi connectivity index (χ1n) is 4.10. The summed E-state index contributed by atoms with van der Waals surface area (Å²) < 4.78 is 27.0. The lowest BCUT2D eigenvalue weighted by molar-refractivity contribution is -0.385. The molecule has 0 unspecified atom stereocenters. The highest BCUT2D eigenvalue weighted by molar-refractivity contribution is 5.33. The summed E-state index contributed by atoms with van der Waals surface area (Å²) in [5.41, 5.74) is 4.31. The van der Waals surface area contributed by atoms with Crippen LogP contribution in [0.1, 0.15) is 5.69 Å². The Bertz CT molecular complexity index is 377. The summed E-state index contributed by atoms with van der Waals surface area (Å²) in [7, 11) is 1.37. The molecule has 0 saturated carbocycles. The number of hydrogen-bond donors (Lipinski definition) is 1. The fraction of sp³-hybridized carbons (Fsp3) is 0.571. The molecule has 0 aliphatic carbocycles. The molecule has 1 heterocycles. The van der Waals surface area contributed by atoms with Crippen LogP contribution in [0.25, 0.3) is 0 Å². The van der Waals surface area contributed by atoms with Gasteiger partial charge in [-0.1, -0.05) is 0 Å². The molecule has 2 N–H and O–H groups in total. The molecule has 0 radical (unpaired) electrons. The Morgan fingerprint density at radius 2 is 2.33 bits per heavy atom. The van der Waals surface area contributed by atoms with Crippen LogP contribution in [0.15, 0.2) is 6.20 Å². The lowest BCUT2D eigenvalue weighted by atomic mass is 10.1. The van der Waals surface area contributed by atoms with Gasteiger partial charge in [0.1, 0.15) is 11.9 Å². The van der Waals surface area contributed by atoms with Gasteiger partial charge >= 0.3 is 5.69 Å². The van der Waals surface area contributed by atoms with E-state index >= 15 is 0 Å². The lowest BCUT2D eigenvalue weighted by Gasteiger charge is -2.12. The van der Waals surface area contributed by atoms with Crippen molar-refractivity contribution in [1.82, 2.24) is 9.78 Å². The minimum atomic E-state index is -3.15. The Morgan fingerprint density at radius 1 is 1.73 bits per heavy atom. The fourth-order valence-corrected chi connectivity index (χ4v) is 1.13. The Labute approximate surface area is 83.8 Å². The van der Waals surface area contributed by atoms with Gasteiger partial charge in [-0.3, -0.25) is 14.8 Å². The van der Waals surface area contributed by atoms with E-state index in [-0.39, 0.29) is 5.69 Å². The summed E-state index contributed by atoms with van der Waals surface area (Å²) in [5.74, 6) is -3.15. The predicted molar refractivity (Wildman–Crippen MR) is 47.6 cm³/mol. The van der Waals surface area contributed by atoms with Crippen molar-refractivity contribution in [3.8, 4) is 0 Å². The lowest BCUT2D eigenvalue weighted by Crippen LogP contribution is -2.31. The zero-order chi connectivity index (χ0) is 11.6. The SMILES string of the molecule is Cn1ncc([N+](=O)[O-])c1CC(F)(F)CN. The number of aromatic nitrogens is 2. The molecule has 0 aliphatic rings.